The summed E-state index contributed by atoms with van der Waals surface area (Å²) in [4.78, 5) is 35.8. The summed E-state index contributed by atoms with van der Waals surface area (Å²) in [6, 6.07) is 10.6. The van der Waals surface area contributed by atoms with Crippen LogP contribution in [0.2, 0.25) is 0 Å². The van der Waals surface area contributed by atoms with E-state index in [0.717, 1.165) is 25.7 Å². The van der Waals surface area contributed by atoms with E-state index in [2.05, 4.69) is 23.0 Å². The van der Waals surface area contributed by atoms with Crippen molar-refractivity contribution in [1.82, 2.24) is 14.9 Å². The van der Waals surface area contributed by atoms with Crippen LogP contribution in [-0.2, 0) is 11.2 Å². The average molecular weight is 580 g/mol. The molecule has 42 heavy (non-hydrogen) atoms. The molecule has 2 aliphatic rings. The van der Waals surface area contributed by atoms with E-state index in [1.807, 2.05) is 4.90 Å². The number of aromatic nitrogens is 2. The zero-order valence-electron chi connectivity index (χ0n) is 23.1. The van der Waals surface area contributed by atoms with E-state index in [0.29, 0.717) is 71.8 Å². The second kappa shape index (κ2) is 12.8. The molecule has 1 aliphatic carbocycles. The van der Waals surface area contributed by atoms with E-state index >= 15 is 0 Å². The summed E-state index contributed by atoms with van der Waals surface area (Å²) >= 11 is 0. The van der Waals surface area contributed by atoms with Gasteiger partial charge in [0.25, 0.3) is 5.91 Å². The van der Waals surface area contributed by atoms with Gasteiger partial charge in [0.1, 0.15) is 5.75 Å². The van der Waals surface area contributed by atoms with Crippen molar-refractivity contribution in [3.05, 3.63) is 77.5 Å². The van der Waals surface area contributed by atoms with Gasteiger partial charge in [0.05, 0.1) is 22.4 Å². The SMILES string of the molecule is O=C(O)CCCCc1nc2cc(C(=O)N3CCC(C4=CCCC=C4)CC3)ccc2nc1-c1ccc(OC(F)(F)F)cc1. The van der Waals surface area contributed by atoms with E-state index in [9.17, 15) is 22.8 Å². The molecule has 1 aliphatic heterocycles. The number of unbranched alkanes of at least 4 members (excludes halogenated alkanes) is 1. The van der Waals surface area contributed by atoms with Gasteiger partial charge in [-0.1, -0.05) is 18.2 Å². The monoisotopic (exact) mass is 579 g/mol. The number of hydrogen-bond donors (Lipinski definition) is 1. The van der Waals surface area contributed by atoms with Crippen LogP contribution in [0.3, 0.4) is 0 Å². The highest BCUT2D eigenvalue weighted by molar-refractivity contribution is 5.97. The van der Waals surface area contributed by atoms with E-state index in [1.165, 1.54) is 29.8 Å². The number of carboxylic acids is 1. The number of carboxylic acid groups (broad SMARTS) is 1. The van der Waals surface area contributed by atoms with Crippen molar-refractivity contribution >= 4 is 22.9 Å². The molecule has 220 valence electrons. The Morgan fingerprint density at radius 1 is 0.976 bits per heavy atom. The van der Waals surface area contributed by atoms with Gasteiger partial charge in [-0.2, -0.15) is 0 Å². The molecule has 0 bridgehead atoms. The van der Waals surface area contributed by atoms with Crippen molar-refractivity contribution in [2.45, 2.75) is 57.7 Å². The number of benzene rings is 2. The fraction of sp³-hybridized carbons (Fsp3) is 0.375. The number of carbonyl (C=O) groups excluding carboxylic acids is 1. The third kappa shape index (κ3) is 7.35. The Kier molecular flexibility index (Phi) is 8.89. The Morgan fingerprint density at radius 3 is 2.40 bits per heavy atom. The Bertz CT molecular complexity index is 1510. The zero-order chi connectivity index (χ0) is 29.7. The third-order valence-electron chi connectivity index (χ3n) is 7.68. The lowest BCUT2D eigenvalue weighted by molar-refractivity contribution is -0.274. The van der Waals surface area contributed by atoms with Crippen LogP contribution in [0.5, 0.6) is 5.75 Å². The van der Waals surface area contributed by atoms with Crippen molar-refractivity contribution in [3.8, 4) is 17.0 Å². The Balaban J connectivity index is 1.37. The highest BCUT2D eigenvalue weighted by Gasteiger charge is 2.31. The number of carbonyl (C=O) groups is 2. The van der Waals surface area contributed by atoms with Crippen molar-refractivity contribution < 1.29 is 32.6 Å². The lowest BCUT2D eigenvalue weighted by Crippen LogP contribution is -2.38. The van der Waals surface area contributed by atoms with Crippen LogP contribution in [0.1, 0.15) is 61.0 Å². The first-order valence-corrected chi connectivity index (χ1v) is 14.2. The molecule has 1 N–H and O–H groups in total. The fourth-order valence-electron chi connectivity index (χ4n) is 5.55. The summed E-state index contributed by atoms with van der Waals surface area (Å²) in [5.41, 5.74) is 4.59. The van der Waals surface area contributed by atoms with Gasteiger partial charge < -0.3 is 14.7 Å². The largest absolute Gasteiger partial charge is 0.573 e. The molecule has 1 saturated heterocycles. The summed E-state index contributed by atoms with van der Waals surface area (Å²) in [6.07, 6.45) is 7.35. The molecule has 0 saturated carbocycles. The van der Waals surface area contributed by atoms with Crippen LogP contribution < -0.4 is 4.74 Å². The Labute approximate surface area is 241 Å². The molecule has 0 spiro atoms. The van der Waals surface area contributed by atoms with Gasteiger partial charge in [-0.25, -0.2) is 9.97 Å². The second-order valence-corrected chi connectivity index (χ2v) is 10.6. The van der Waals surface area contributed by atoms with Crippen LogP contribution >= 0.6 is 0 Å². The summed E-state index contributed by atoms with van der Waals surface area (Å²) in [5.74, 6) is -0.816. The van der Waals surface area contributed by atoms with E-state index in [-0.39, 0.29) is 18.1 Å². The third-order valence-corrected chi connectivity index (χ3v) is 7.68. The van der Waals surface area contributed by atoms with Gasteiger partial charge in [-0.3, -0.25) is 9.59 Å². The molecule has 0 radical (unpaired) electrons. The predicted octanol–water partition coefficient (Wildman–Crippen LogP) is 7.12. The number of hydrogen-bond acceptors (Lipinski definition) is 5. The Hall–Kier alpha value is -4.21. The number of likely N-dealkylation sites (tertiary alicyclic amines) is 1. The number of piperidine rings is 1. The van der Waals surface area contributed by atoms with Gasteiger partial charge in [0.15, 0.2) is 0 Å². The average Bonchev–Trinajstić information content (AvgIpc) is 2.98. The number of aliphatic carboxylic acids is 1. The second-order valence-electron chi connectivity index (χ2n) is 10.6. The molecular weight excluding hydrogens is 547 g/mol. The molecule has 1 amide bonds. The summed E-state index contributed by atoms with van der Waals surface area (Å²) in [7, 11) is 0. The maximum atomic E-state index is 13.4. The van der Waals surface area contributed by atoms with Crippen LogP contribution in [0.25, 0.3) is 22.3 Å². The smallest absolute Gasteiger partial charge is 0.481 e. The molecular formula is C32H32F3N3O4. The number of fused-ring (bicyclic) bond motifs is 1. The first-order chi connectivity index (χ1) is 20.2. The number of alkyl halides is 3. The van der Waals surface area contributed by atoms with E-state index in [1.54, 1.807) is 18.2 Å². The van der Waals surface area contributed by atoms with Gasteiger partial charge in [-0.05, 0) is 98.9 Å². The number of nitrogens with zero attached hydrogens (tertiary/aromatic N) is 3. The molecule has 10 heteroatoms. The van der Waals surface area contributed by atoms with Crippen molar-refractivity contribution in [3.63, 3.8) is 0 Å². The van der Waals surface area contributed by atoms with Gasteiger partial charge in [0, 0.05) is 30.6 Å². The maximum Gasteiger partial charge on any atom is 0.573 e. The van der Waals surface area contributed by atoms with Gasteiger partial charge in [0.2, 0.25) is 0 Å². The molecule has 1 aromatic heterocycles. The highest BCUT2D eigenvalue weighted by Crippen LogP contribution is 2.31. The number of rotatable bonds is 9. The number of allylic oxidation sites excluding steroid dienone is 4. The Morgan fingerprint density at radius 2 is 1.74 bits per heavy atom. The first-order valence-electron chi connectivity index (χ1n) is 14.2. The molecule has 5 rings (SSSR count). The molecule has 2 heterocycles. The highest BCUT2D eigenvalue weighted by atomic mass is 19.4. The molecule has 1 fully saturated rings. The molecule has 3 aromatic rings. The minimum absolute atomic E-state index is 0.0166. The minimum atomic E-state index is -4.80. The van der Waals surface area contributed by atoms with Gasteiger partial charge in [-0.15, -0.1) is 13.2 Å². The van der Waals surface area contributed by atoms with Crippen molar-refractivity contribution in [2.75, 3.05) is 13.1 Å². The maximum absolute atomic E-state index is 13.4. The summed E-state index contributed by atoms with van der Waals surface area (Å²) in [6.45, 7) is 1.36. The minimum Gasteiger partial charge on any atom is -0.481 e. The van der Waals surface area contributed by atoms with Crippen molar-refractivity contribution in [2.24, 2.45) is 5.92 Å². The van der Waals surface area contributed by atoms with E-state index < -0.39 is 12.3 Å². The number of amides is 1. The number of aryl methyl sites for hydroxylation is 1. The van der Waals surface area contributed by atoms with Gasteiger partial charge >= 0.3 is 12.3 Å². The quantitative estimate of drug-likeness (QED) is 0.271. The van der Waals surface area contributed by atoms with Crippen molar-refractivity contribution in [1.29, 1.82) is 0 Å². The van der Waals surface area contributed by atoms with Crippen LogP contribution in [-0.4, -0.2) is 51.3 Å². The zero-order valence-corrected chi connectivity index (χ0v) is 23.1. The predicted molar refractivity (Wildman–Crippen MR) is 152 cm³/mol. The van der Waals surface area contributed by atoms with Crippen LogP contribution in [0.4, 0.5) is 13.2 Å². The molecule has 0 atom stereocenters. The topological polar surface area (TPSA) is 92.6 Å². The van der Waals surface area contributed by atoms with E-state index in [4.69, 9.17) is 15.1 Å². The summed E-state index contributed by atoms with van der Waals surface area (Å²) in [5, 5.41) is 9.00. The summed E-state index contributed by atoms with van der Waals surface area (Å²) < 4.78 is 41.8. The number of halogens is 3. The molecule has 7 nitrogen and oxygen atoms in total. The normalized spacial score (nSPS) is 16.0. The standard InChI is InChI=1S/C32H32F3N3O4/c33-32(34,35)42-25-13-10-23(11-14-25)30-27(8-4-5-9-29(39)40)36-28-20-24(12-15-26(28)37-30)31(41)38-18-16-22(17-19-38)21-6-2-1-3-7-21/h2,6-7,10-15,20,22H,1,3-5,8-9,16-19H2,(H,39,40). The molecule has 0 unspecified atom stereocenters. The van der Waals surface area contributed by atoms with Crippen LogP contribution in [0.15, 0.2) is 66.3 Å². The fourth-order valence-corrected chi connectivity index (χ4v) is 5.55. The first kappa shape index (κ1) is 29.3. The number of ether oxygens (including phenoxy) is 1. The van der Waals surface area contributed by atoms with Crippen LogP contribution in [0, 0.1) is 5.92 Å². The molecule has 2 aromatic carbocycles. The lowest BCUT2D eigenvalue weighted by Gasteiger charge is -2.33. The lowest BCUT2D eigenvalue weighted by atomic mass is 9.86.